The van der Waals surface area contributed by atoms with Crippen LogP contribution >= 0.6 is 23.1 Å². The first-order valence-electron chi connectivity index (χ1n) is 14.5. The molecule has 1 saturated heterocycles. The Morgan fingerprint density at radius 3 is 2.48 bits per heavy atom. The standard InChI is InChI=1S/C33H26FN3O5S2/c34-17-9-11-19(12-10-17)37-31(39)26-21-14-22(27(26)32(37)40)28-25(21)24(29-30(43-28)36-33(41)44-29)16-5-4-8-20(13-16)42-15-23(38)35-18-6-2-1-3-7-18/h1-13,21-22,24-28H,14-15H2,(H,35,38)(H,36,41)/t21-,22-,24-,25?,26?,27?,28?/m1/s1. The molecule has 2 aliphatic carbocycles. The number of aromatic nitrogens is 1. The molecule has 8 nitrogen and oxygen atoms in total. The maximum absolute atomic E-state index is 13.9. The van der Waals surface area contributed by atoms with Gasteiger partial charge in [-0.2, -0.15) is 0 Å². The summed E-state index contributed by atoms with van der Waals surface area (Å²) in [6.07, 6.45) is 0.762. The van der Waals surface area contributed by atoms with Gasteiger partial charge in [0.2, 0.25) is 11.8 Å². The molecule has 4 unspecified atom stereocenters. The molecule has 1 aromatic heterocycles. The van der Waals surface area contributed by atoms with Crippen molar-refractivity contribution in [3.63, 3.8) is 0 Å². The third kappa shape index (κ3) is 4.32. The number of anilines is 2. The lowest BCUT2D eigenvalue weighted by Crippen LogP contribution is -2.42. The van der Waals surface area contributed by atoms with E-state index in [1.165, 1.54) is 40.5 Å². The molecule has 3 aromatic carbocycles. The number of halogens is 1. The Kier molecular flexibility index (Phi) is 6.49. The van der Waals surface area contributed by atoms with Gasteiger partial charge < -0.3 is 15.0 Å². The number of hydrogen-bond donors (Lipinski definition) is 2. The average molecular weight is 628 g/mol. The van der Waals surface area contributed by atoms with Crippen molar-refractivity contribution in [1.29, 1.82) is 0 Å². The molecule has 4 aromatic rings. The van der Waals surface area contributed by atoms with Crippen LogP contribution in [0.1, 0.15) is 22.8 Å². The fraction of sp³-hybridized carbons (Fsp3) is 0.273. The van der Waals surface area contributed by atoms with Crippen molar-refractivity contribution in [3.05, 3.63) is 105 Å². The minimum absolute atomic E-state index is 0.0201. The van der Waals surface area contributed by atoms with Gasteiger partial charge >= 0.3 is 4.87 Å². The van der Waals surface area contributed by atoms with E-state index in [4.69, 9.17) is 4.74 Å². The summed E-state index contributed by atoms with van der Waals surface area (Å²) in [5.41, 5.74) is 2.02. The van der Waals surface area contributed by atoms with Crippen LogP contribution in [0.3, 0.4) is 0 Å². The van der Waals surface area contributed by atoms with Gasteiger partial charge in [0, 0.05) is 21.7 Å². The highest BCUT2D eigenvalue weighted by Crippen LogP contribution is 2.68. The van der Waals surface area contributed by atoms with E-state index < -0.39 is 17.7 Å². The van der Waals surface area contributed by atoms with Gasteiger partial charge in [-0.15, -0.1) is 11.8 Å². The zero-order valence-electron chi connectivity index (χ0n) is 23.1. The number of carbonyl (C=O) groups excluding carboxylic acids is 3. The summed E-state index contributed by atoms with van der Waals surface area (Å²) >= 11 is 2.80. The van der Waals surface area contributed by atoms with Crippen molar-refractivity contribution >= 4 is 52.2 Å². The highest BCUT2D eigenvalue weighted by molar-refractivity contribution is 8.00. The zero-order valence-corrected chi connectivity index (χ0v) is 24.8. The maximum atomic E-state index is 13.9. The molecular weight excluding hydrogens is 602 g/mol. The van der Waals surface area contributed by atoms with Crippen LogP contribution in [-0.4, -0.2) is 34.6 Å². The second-order valence-corrected chi connectivity index (χ2v) is 13.9. The minimum atomic E-state index is -0.458. The first-order chi connectivity index (χ1) is 21.4. The van der Waals surface area contributed by atoms with Crippen molar-refractivity contribution in [2.24, 2.45) is 29.6 Å². The first kappa shape index (κ1) is 27.3. The Bertz CT molecular complexity index is 1860. The number of benzene rings is 3. The Balaban J connectivity index is 1.10. The largest absolute Gasteiger partial charge is 0.484 e. The number of rotatable bonds is 6. The van der Waals surface area contributed by atoms with Crippen LogP contribution in [0.4, 0.5) is 15.8 Å². The van der Waals surface area contributed by atoms with Crippen LogP contribution in [0, 0.1) is 35.4 Å². The topological polar surface area (TPSA) is 109 Å². The van der Waals surface area contributed by atoms with E-state index in [1.54, 1.807) is 30.0 Å². The molecule has 0 radical (unpaired) electrons. The van der Waals surface area contributed by atoms with Crippen LogP contribution in [0.2, 0.25) is 0 Å². The molecule has 0 spiro atoms. The first-order valence-corrected chi connectivity index (χ1v) is 16.2. The van der Waals surface area contributed by atoms with Gasteiger partial charge in [0.15, 0.2) is 6.61 Å². The second kappa shape index (κ2) is 10.4. The van der Waals surface area contributed by atoms with Crippen LogP contribution in [0.5, 0.6) is 5.75 Å². The number of nitrogens with zero attached hydrogens (tertiary/aromatic N) is 1. The van der Waals surface area contributed by atoms with Gasteiger partial charge in [0.25, 0.3) is 5.91 Å². The van der Waals surface area contributed by atoms with Gasteiger partial charge in [-0.25, -0.2) is 4.39 Å². The number of amides is 3. The minimum Gasteiger partial charge on any atom is -0.484 e. The molecule has 3 amide bonds. The fourth-order valence-corrected chi connectivity index (χ4v) is 10.8. The van der Waals surface area contributed by atoms with Crippen LogP contribution in [0.25, 0.3) is 0 Å². The van der Waals surface area contributed by atoms with Crippen molar-refractivity contribution in [3.8, 4) is 5.75 Å². The Morgan fingerprint density at radius 2 is 1.70 bits per heavy atom. The smallest absolute Gasteiger partial charge is 0.305 e. The lowest BCUT2D eigenvalue weighted by molar-refractivity contribution is -0.123. The van der Waals surface area contributed by atoms with Crippen molar-refractivity contribution in [1.82, 2.24) is 4.98 Å². The molecule has 8 rings (SSSR count). The van der Waals surface area contributed by atoms with Crippen molar-refractivity contribution in [2.75, 3.05) is 16.8 Å². The number of hydrogen-bond acceptors (Lipinski definition) is 7. The molecule has 222 valence electrons. The number of imide groups is 1. The summed E-state index contributed by atoms with van der Waals surface area (Å²) in [6, 6.07) is 22.2. The number of nitrogens with one attached hydrogen (secondary N) is 2. The summed E-state index contributed by atoms with van der Waals surface area (Å²) in [7, 11) is 0. The predicted octanol–water partition coefficient (Wildman–Crippen LogP) is 5.27. The maximum Gasteiger partial charge on any atom is 0.305 e. The lowest BCUT2D eigenvalue weighted by atomic mass is 9.68. The molecule has 7 atom stereocenters. The zero-order chi connectivity index (χ0) is 30.1. The summed E-state index contributed by atoms with van der Waals surface area (Å²) in [5.74, 6) is -1.76. The second-order valence-electron chi connectivity index (χ2n) is 11.7. The quantitative estimate of drug-likeness (QED) is 0.282. The third-order valence-electron chi connectivity index (χ3n) is 9.45. The lowest BCUT2D eigenvalue weighted by Gasteiger charge is -2.43. The number of fused-ring (bicyclic) bond motifs is 9. The van der Waals surface area contributed by atoms with E-state index in [1.807, 2.05) is 36.4 Å². The molecule has 11 heteroatoms. The van der Waals surface area contributed by atoms with E-state index in [2.05, 4.69) is 10.3 Å². The summed E-state index contributed by atoms with van der Waals surface area (Å²) in [4.78, 5) is 57.8. The van der Waals surface area contributed by atoms with E-state index in [-0.39, 0.29) is 58.1 Å². The number of ether oxygens (including phenoxy) is 1. The molecule has 4 aliphatic rings. The van der Waals surface area contributed by atoms with Gasteiger partial charge in [-0.3, -0.25) is 24.1 Å². The summed E-state index contributed by atoms with van der Waals surface area (Å²) in [5, 5.41) is 3.67. The molecule has 2 aliphatic heterocycles. The molecule has 3 heterocycles. The van der Waals surface area contributed by atoms with Crippen LogP contribution in [0.15, 0.2) is 88.7 Å². The van der Waals surface area contributed by atoms with Crippen LogP contribution < -0.4 is 19.8 Å². The van der Waals surface area contributed by atoms with E-state index in [0.29, 0.717) is 17.1 Å². The Hall–Kier alpha value is -4.22. The number of aromatic amines is 1. The molecule has 2 saturated carbocycles. The molecular formula is C33H26FN3O5S2. The third-order valence-corrected chi connectivity index (χ3v) is 12.0. The fourth-order valence-electron chi connectivity index (χ4n) is 7.90. The van der Waals surface area contributed by atoms with Gasteiger partial charge in [-0.1, -0.05) is 41.7 Å². The van der Waals surface area contributed by atoms with E-state index in [0.717, 1.165) is 21.9 Å². The Morgan fingerprint density at radius 1 is 0.955 bits per heavy atom. The van der Waals surface area contributed by atoms with Crippen molar-refractivity contribution in [2.45, 2.75) is 22.6 Å². The number of thioether (sulfide) groups is 1. The Labute approximate surface area is 259 Å². The molecule has 2 bridgehead atoms. The molecule has 3 fully saturated rings. The van der Waals surface area contributed by atoms with Gasteiger partial charge in [-0.05, 0) is 78.3 Å². The van der Waals surface area contributed by atoms with Crippen molar-refractivity contribution < 1.29 is 23.5 Å². The van der Waals surface area contributed by atoms with E-state index in [9.17, 15) is 23.6 Å². The monoisotopic (exact) mass is 627 g/mol. The van der Waals surface area contributed by atoms with Gasteiger partial charge in [0.05, 0.1) is 22.5 Å². The van der Waals surface area contributed by atoms with E-state index >= 15 is 0 Å². The molecule has 2 N–H and O–H groups in total. The number of thiazole rings is 1. The van der Waals surface area contributed by atoms with Gasteiger partial charge in [0.1, 0.15) is 11.6 Å². The summed E-state index contributed by atoms with van der Waals surface area (Å²) in [6.45, 7) is -0.169. The highest BCUT2D eigenvalue weighted by atomic mass is 32.2. The number of para-hydroxylation sites is 1. The average Bonchev–Trinajstić information content (AvgIpc) is 3.76. The molecule has 44 heavy (non-hydrogen) atoms. The number of H-pyrrole nitrogens is 1. The SMILES string of the molecule is O=C(COc1cccc([C@H]2c3sc(=O)[nH]c3SC3C2[C@H]2C[C@@H]3C3C(=O)N(c4ccc(F)cc4)C(=O)C32)c1)Nc1ccccc1. The number of carbonyl (C=O) groups is 3. The highest BCUT2D eigenvalue weighted by Gasteiger charge is 2.69. The predicted molar refractivity (Wildman–Crippen MR) is 164 cm³/mol. The summed E-state index contributed by atoms with van der Waals surface area (Å²) < 4.78 is 19.5. The van der Waals surface area contributed by atoms with Crippen LogP contribution in [-0.2, 0) is 14.4 Å². The normalized spacial score (nSPS) is 28.0.